The van der Waals surface area contributed by atoms with Crippen molar-refractivity contribution in [2.24, 2.45) is 0 Å². The molecule has 0 atom stereocenters. The summed E-state index contributed by atoms with van der Waals surface area (Å²) in [5.74, 6) is 0.361. The van der Waals surface area contributed by atoms with Gasteiger partial charge in [-0.3, -0.25) is 9.89 Å². The molecule has 0 saturated heterocycles. The summed E-state index contributed by atoms with van der Waals surface area (Å²) in [7, 11) is 0. The van der Waals surface area contributed by atoms with Crippen LogP contribution in [0.5, 0.6) is 5.75 Å². The number of benzene rings is 1. The number of rotatable bonds is 5. The number of anilines is 1. The van der Waals surface area contributed by atoms with E-state index in [1.54, 1.807) is 18.2 Å². The van der Waals surface area contributed by atoms with E-state index in [1.807, 2.05) is 6.92 Å². The minimum Gasteiger partial charge on any atom is -0.492 e. The van der Waals surface area contributed by atoms with Crippen molar-refractivity contribution in [1.29, 1.82) is 0 Å². The Morgan fingerprint density at radius 3 is 3.00 bits per heavy atom. The summed E-state index contributed by atoms with van der Waals surface area (Å²) >= 11 is 6.06. The van der Waals surface area contributed by atoms with Gasteiger partial charge >= 0.3 is 0 Å². The molecule has 0 aliphatic rings. The number of halogens is 1. The van der Waals surface area contributed by atoms with E-state index in [0.717, 1.165) is 6.42 Å². The molecule has 0 aliphatic carbocycles. The number of nitrogens with one attached hydrogen (secondary N) is 2. The first-order chi connectivity index (χ1) is 9.20. The average Bonchev–Trinajstić information content (AvgIpc) is 2.92. The number of hydrogen-bond donors (Lipinski definition) is 2. The monoisotopic (exact) mass is 280 g/mol. The first-order valence-electron chi connectivity index (χ1n) is 5.79. The number of H-pyrrole nitrogens is 1. The van der Waals surface area contributed by atoms with Crippen molar-refractivity contribution in [3.63, 3.8) is 0 Å². The lowest BCUT2D eigenvalue weighted by Gasteiger charge is -2.09. The summed E-state index contributed by atoms with van der Waals surface area (Å²) in [6, 6.07) is 5.06. The zero-order valence-corrected chi connectivity index (χ0v) is 11.1. The molecule has 2 aromatic rings. The summed E-state index contributed by atoms with van der Waals surface area (Å²) in [5, 5.41) is 9.19. The molecule has 0 fully saturated rings. The van der Waals surface area contributed by atoms with Crippen molar-refractivity contribution in [3.05, 3.63) is 35.4 Å². The SMILES string of the molecule is CCCOc1ccc(NC(=O)c2ncn[nH]2)cc1Cl. The largest absolute Gasteiger partial charge is 0.492 e. The number of aromatic nitrogens is 3. The molecule has 19 heavy (non-hydrogen) atoms. The van der Waals surface area contributed by atoms with Gasteiger partial charge in [0.2, 0.25) is 5.82 Å². The Morgan fingerprint density at radius 1 is 1.53 bits per heavy atom. The van der Waals surface area contributed by atoms with E-state index in [-0.39, 0.29) is 11.7 Å². The summed E-state index contributed by atoms with van der Waals surface area (Å²) < 4.78 is 5.44. The smallest absolute Gasteiger partial charge is 0.292 e. The zero-order chi connectivity index (χ0) is 13.7. The van der Waals surface area contributed by atoms with Gasteiger partial charge in [0.25, 0.3) is 5.91 Å². The molecule has 1 heterocycles. The van der Waals surface area contributed by atoms with Gasteiger partial charge < -0.3 is 10.1 Å². The third-order valence-electron chi connectivity index (χ3n) is 2.28. The fourth-order valence-corrected chi connectivity index (χ4v) is 1.65. The summed E-state index contributed by atoms with van der Waals surface area (Å²) in [4.78, 5) is 15.5. The maximum Gasteiger partial charge on any atom is 0.292 e. The summed E-state index contributed by atoms with van der Waals surface area (Å²) in [6.07, 6.45) is 2.17. The van der Waals surface area contributed by atoms with Gasteiger partial charge in [-0.2, -0.15) is 5.10 Å². The maximum absolute atomic E-state index is 11.7. The van der Waals surface area contributed by atoms with Gasteiger partial charge in [-0.15, -0.1) is 0 Å². The molecule has 0 bridgehead atoms. The van der Waals surface area contributed by atoms with Gasteiger partial charge in [0.1, 0.15) is 12.1 Å². The predicted octanol–water partition coefficient (Wildman–Crippen LogP) is 2.50. The molecule has 0 radical (unpaired) electrons. The normalized spacial score (nSPS) is 10.2. The molecule has 100 valence electrons. The highest BCUT2D eigenvalue weighted by Gasteiger charge is 2.10. The Balaban J connectivity index is 2.05. The van der Waals surface area contributed by atoms with Crippen molar-refractivity contribution in [2.75, 3.05) is 11.9 Å². The minimum absolute atomic E-state index is 0.141. The van der Waals surface area contributed by atoms with E-state index >= 15 is 0 Å². The van der Waals surface area contributed by atoms with Gasteiger partial charge in [-0.1, -0.05) is 18.5 Å². The third-order valence-corrected chi connectivity index (χ3v) is 2.58. The van der Waals surface area contributed by atoms with E-state index in [0.29, 0.717) is 23.1 Å². The molecule has 0 unspecified atom stereocenters. The van der Waals surface area contributed by atoms with Crippen LogP contribution in [-0.4, -0.2) is 27.7 Å². The second-order valence-electron chi connectivity index (χ2n) is 3.78. The van der Waals surface area contributed by atoms with Gasteiger partial charge in [-0.25, -0.2) is 4.98 Å². The number of carbonyl (C=O) groups excluding carboxylic acids is 1. The molecule has 0 saturated carbocycles. The Hall–Kier alpha value is -2.08. The second-order valence-corrected chi connectivity index (χ2v) is 4.19. The van der Waals surface area contributed by atoms with Gasteiger partial charge in [0.15, 0.2) is 0 Å². The predicted molar refractivity (Wildman–Crippen MR) is 71.6 cm³/mol. The molecule has 2 N–H and O–H groups in total. The number of ether oxygens (including phenoxy) is 1. The van der Waals surface area contributed by atoms with E-state index in [1.165, 1.54) is 6.33 Å². The number of nitrogens with zero attached hydrogens (tertiary/aromatic N) is 2. The molecule has 7 heteroatoms. The van der Waals surface area contributed by atoms with Gasteiger partial charge in [-0.05, 0) is 24.6 Å². The van der Waals surface area contributed by atoms with Crippen LogP contribution < -0.4 is 10.1 Å². The van der Waals surface area contributed by atoms with Crippen molar-refractivity contribution in [2.45, 2.75) is 13.3 Å². The van der Waals surface area contributed by atoms with Crippen LogP contribution in [0.25, 0.3) is 0 Å². The Kier molecular flexibility index (Phi) is 4.35. The van der Waals surface area contributed by atoms with Crippen LogP contribution >= 0.6 is 11.6 Å². The standard InChI is InChI=1S/C12H13ClN4O2/c1-2-5-19-10-4-3-8(6-9(10)13)16-12(18)11-14-7-15-17-11/h3-4,6-7H,2,5H2,1H3,(H,16,18)(H,14,15,17). The van der Waals surface area contributed by atoms with Crippen molar-refractivity contribution in [1.82, 2.24) is 15.2 Å². The van der Waals surface area contributed by atoms with Crippen LogP contribution in [-0.2, 0) is 0 Å². The van der Waals surface area contributed by atoms with Crippen LogP contribution in [0.2, 0.25) is 5.02 Å². The maximum atomic E-state index is 11.7. The quantitative estimate of drug-likeness (QED) is 0.882. The Labute approximate surface area is 115 Å². The first kappa shape index (κ1) is 13.4. The molecular weight excluding hydrogens is 268 g/mol. The van der Waals surface area contributed by atoms with E-state index < -0.39 is 0 Å². The number of amides is 1. The molecule has 2 rings (SSSR count). The van der Waals surface area contributed by atoms with Crippen LogP contribution in [0.3, 0.4) is 0 Å². The van der Waals surface area contributed by atoms with Crippen LogP contribution in [0, 0.1) is 0 Å². The van der Waals surface area contributed by atoms with Crippen molar-refractivity contribution < 1.29 is 9.53 Å². The fourth-order valence-electron chi connectivity index (χ4n) is 1.41. The van der Waals surface area contributed by atoms with Crippen LogP contribution in [0.15, 0.2) is 24.5 Å². The van der Waals surface area contributed by atoms with E-state index in [9.17, 15) is 4.79 Å². The van der Waals surface area contributed by atoms with Gasteiger partial charge in [0, 0.05) is 5.69 Å². The molecule has 6 nitrogen and oxygen atoms in total. The minimum atomic E-state index is -0.379. The highest BCUT2D eigenvalue weighted by atomic mass is 35.5. The first-order valence-corrected chi connectivity index (χ1v) is 6.17. The van der Waals surface area contributed by atoms with E-state index in [2.05, 4.69) is 20.5 Å². The number of carbonyl (C=O) groups is 1. The van der Waals surface area contributed by atoms with Crippen molar-refractivity contribution in [3.8, 4) is 5.75 Å². The van der Waals surface area contributed by atoms with Gasteiger partial charge in [0.05, 0.1) is 11.6 Å². The molecule has 1 aromatic heterocycles. The Morgan fingerprint density at radius 2 is 2.37 bits per heavy atom. The molecule has 0 aliphatic heterocycles. The second kappa shape index (κ2) is 6.19. The van der Waals surface area contributed by atoms with Crippen LogP contribution in [0.4, 0.5) is 5.69 Å². The van der Waals surface area contributed by atoms with Crippen molar-refractivity contribution >= 4 is 23.2 Å². The molecular formula is C12H13ClN4O2. The van der Waals surface area contributed by atoms with E-state index in [4.69, 9.17) is 16.3 Å². The average molecular weight is 281 g/mol. The Bertz CT molecular complexity index is 557. The molecule has 0 spiro atoms. The lowest BCUT2D eigenvalue weighted by atomic mass is 10.3. The number of aromatic amines is 1. The topological polar surface area (TPSA) is 79.9 Å². The number of hydrogen-bond acceptors (Lipinski definition) is 4. The summed E-state index contributed by atoms with van der Waals surface area (Å²) in [6.45, 7) is 2.61. The highest BCUT2D eigenvalue weighted by molar-refractivity contribution is 6.32. The summed E-state index contributed by atoms with van der Waals surface area (Å²) in [5.41, 5.74) is 0.565. The fraction of sp³-hybridized carbons (Fsp3) is 0.250. The lowest BCUT2D eigenvalue weighted by Crippen LogP contribution is -2.13. The zero-order valence-electron chi connectivity index (χ0n) is 10.3. The third kappa shape index (κ3) is 3.45. The lowest BCUT2D eigenvalue weighted by molar-refractivity contribution is 0.101. The highest BCUT2D eigenvalue weighted by Crippen LogP contribution is 2.27. The molecule has 1 amide bonds. The molecule has 1 aromatic carbocycles. The van der Waals surface area contributed by atoms with Crippen LogP contribution in [0.1, 0.15) is 24.0 Å².